The molecule has 0 unspecified atom stereocenters. The summed E-state index contributed by atoms with van der Waals surface area (Å²) in [5.74, 6) is 1.52. The molecular weight excluding hydrogens is 390 g/mol. The number of fused-ring (bicyclic) bond motifs is 3. The topological polar surface area (TPSA) is 71.4 Å². The van der Waals surface area contributed by atoms with Gasteiger partial charge in [0.2, 0.25) is 0 Å². The molecule has 0 aliphatic carbocycles. The third-order valence-corrected chi connectivity index (χ3v) is 6.08. The molecule has 0 radical (unpaired) electrons. The first kappa shape index (κ1) is 19.4. The number of benzene rings is 2. The van der Waals surface area contributed by atoms with Crippen molar-refractivity contribution in [2.75, 3.05) is 6.54 Å². The summed E-state index contributed by atoms with van der Waals surface area (Å²) in [5, 5.41) is 5.16. The van der Waals surface area contributed by atoms with E-state index in [1.807, 2.05) is 43.0 Å². The Bertz CT molecular complexity index is 1250. The number of H-pyrrole nitrogens is 1. The maximum absolute atomic E-state index is 13.1. The molecule has 0 saturated heterocycles. The van der Waals surface area contributed by atoms with Gasteiger partial charge in [-0.2, -0.15) is 0 Å². The minimum atomic E-state index is 0.0462. The lowest BCUT2D eigenvalue weighted by Gasteiger charge is -2.27. The van der Waals surface area contributed by atoms with Crippen LogP contribution < -0.4 is 4.74 Å². The lowest BCUT2D eigenvalue weighted by Crippen LogP contribution is -2.35. The lowest BCUT2D eigenvalue weighted by atomic mass is 10.0. The molecule has 4 aromatic rings. The van der Waals surface area contributed by atoms with Gasteiger partial charge < -0.3 is 19.1 Å². The molecule has 6 nitrogen and oxygen atoms in total. The molecule has 0 saturated carbocycles. The standard InChI is InChI=1S/C25H25N3O3/c1-15-4-9-23-20(12-15)21-13-28(11-10-24(21)26-23)25(29)18-5-7-19(8-6-18)30-14-22-16(2)27-31-17(22)3/h4-9,12,26H,10-11,13-14H2,1-3H3. The third kappa shape index (κ3) is 3.58. The molecule has 1 N–H and O–H groups in total. The predicted molar refractivity (Wildman–Crippen MR) is 118 cm³/mol. The highest BCUT2D eigenvalue weighted by atomic mass is 16.5. The first-order valence-corrected chi connectivity index (χ1v) is 10.5. The summed E-state index contributed by atoms with van der Waals surface area (Å²) in [7, 11) is 0. The Hall–Kier alpha value is -3.54. The van der Waals surface area contributed by atoms with Gasteiger partial charge in [-0.25, -0.2) is 0 Å². The molecule has 0 fully saturated rings. The van der Waals surface area contributed by atoms with Crippen LogP contribution in [0.15, 0.2) is 47.0 Å². The van der Waals surface area contributed by atoms with E-state index in [1.165, 1.54) is 22.2 Å². The Morgan fingerprint density at radius 1 is 1.16 bits per heavy atom. The Balaban J connectivity index is 1.29. The van der Waals surface area contributed by atoms with E-state index in [0.717, 1.165) is 29.0 Å². The number of hydrogen-bond acceptors (Lipinski definition) is 4. The van der Waals surface area contributed by atoms with E-state index >= 15 is 0 Å². The molecule has 1 aliphatic heterocycles. The second-order valence-electron chi connectivity index (χ2n) is 8.22. The number of hydrogen-bond donors (Lipinski definition) is 1. The van der Waals surface area contributed by atoms with Crippen LogP contribution in [0.25, 0.3) is 10.9 Å². The lowest BCUT2D eigenvalue weighted by molar-refractivity contribution is 0.0735. The number of ether oxygens (including phenoxy) is 1. The molecule has 5 rings (SSSR count). The molecule has 3 heterocycles. The zero-order valence-corrected chi connectivity index (χ0v) is 18.0. The van der Waals surface area contributed by atoms with Crippen molar-refractivity contribution in [3.05, 3.63) is 81.9 Å². The normalized spacial score (nSPS) is 13.5. The Morgan fingerprint density at radius 3 is 2.71 bits per heavy atom. The van der Waals surface area contributed by atoms with Crippen molar-refractivity contribution in [2.24, 2.45) is 0 Å². The van der Waals surface area contributed by atoms with E-state index in [1.54, 1.807) is 0 Å². The second-order valence-corrected chi connectivity index (χ2v) is 8.22. The van der Waals surface area contributed by atoms with Crippen LogP contribution >= 0.6 is 0 Å². The smallest absolute Gasteiger partial charge is 0.254 e. The van der Waals surface area contributed by atoms with E-state index in [2.05, 4.69) is 35.3 Å². The minimum Gasteiger partial charge on any atom is -0.489 e. The summed E-state index contributed by atoms with van der Waals surface area (Å²) < 4.78 is 11.0. The number of aryl methyl sites for hydroxylation is 3. The van der Waals surface area contributed by atoms with Crippen molar-refractivity contribution in [1.82, 2.24) is 15.0 Å². The van der Waals surface area contributed by atoms with Crippen molar-refractivity contribution in [3.8, 4) is 5.75 Å². The SMILES string of the molecule is Cc1ccc2[nH]c3c(c2c1)CN(C(=O)c1ccc(OCc2c(C)noc2C)cc1)CC3. The number of nitrogens with one attached hydrogen (secondary N) is 1. The van der Waals surface area contributed by atoms with Crippen LogP contribution in [-0.4, -0.2) is 27.5 Å². The van der Waals surface area contributed by atoms with Gasteiger partial charge in [0.25, 0.3) is 5.91 Å². The number of nitrogens with zero attached hydrogens (tertiary/aromatic N) is 2. The van der Waals surface area contributed by atoms with Gasteiger partial charge in [-0.1, -0.05) is 16.8 Å². The first-order chi connectivity index (χ1) is 15.0. The van der Waals surface area contributed by atoms with E-state index in [0.29, 0.717) is 31.0 Å². The fraction of sp³-hybridized carbons (Fsp3) is 0.280. The summed E-state index contributed by atoms with van der Waals surface area (Å²) in [6, 6.07) is 13.8. The zero-order chi connectivity index (χ0) is 21.5. The molecule has 1 aliphatic rings. The first-order valence-electron chi connectivity index (χ1n) is 10.5. The van der Waals surface area contributed by atoms with Crippen LogP contribution in [-0.2, 0) is 19.6 Å². The van der Waals surface area contributed by atoms with Crippen LogP contribution in [0.4, 0.5) is 0 Å². The number of aromatic nitrogens is 2. The molecule has 1 amide bonds. The maximum Gasteiger partial charge on any atom is 0.254 e. The highest BCUT2D eigenvalue weighted by molar-refractivity contribution is 5.95. The highest BCUT2D eigenvalue weighted by Gasteiger charge is 2.25. The summed E-state index contributed by atoms with van der Waals surface area (Å²) in [6.07, 6.45) is 0.841. The van der Waals surface area contributed by atoms with Crippen LogP contribution in [0.2, 0.25) is 0 Å². The van der Waals surface area contributed by atoms with Crippen LogP contribution in [0.5, 0.6) is 5.75 Å². The quantitative estimate of drug-likeness (QED) is 0.517. The summed E-state index contributed by atoms with van der Waals surface area (Å²) in [5.41, 5.74) is 7.31. The number of amides is 1. The van der Waals surface area contributed by atoms with Crippen molar-refractivity contribution < 1.29 is 14.1 Å². The van der Waals surface area contributed by atoms with Crippen LogP contribution in [0.3, 0.4) is 0 Å². The third-order valence-electron chi connectivity index (χ3n) is 6.08. The van der Waals surface area contributed by atoms with Crippen molar-refractivity contribution >= 4 is 16.8 Å². The average Bonchev–Trinajstić information content (AvgIpc) is 3.30. The fourth-order valence-corrected chi connectivity index (χ4v) is 4.24. The average molecular weight is 415 g/mol. The van der Waals surface area contributed by atoms with Gasteiger partial charge in [0.1, 0.15) is 18.1 Å². The largest absolute Gasteiger partial charge is 0.489 e. The summed E-state index contributed by atoms with van der Waals surface area (Å²) in [6.45, 7) is 7.60. The molecule has 2 aromatic carbocycles. The molecule has 2 aromatic heterocycles. The number of carbonyl (C=O) groups is 1. The van der Waals surface area contributed by atoms with E-state index < -0.39 is 0 Å². The van der Waals surface area contributed by atoms with Gasteiger partial charge >= 0.3 is 0 Å². The molecular formula is C25H25N3O3. The van der Waals surface area contributed by atoms with E-state index in [-0.39, 0.29) is 5.91 Å². The molecule has 0 atom stereocenters. The van der Waals surface area contributed by atoms with Gasteiger partial charge in [-0.05, 0) is 57.2 Å². The highest BCUT2D eigenvalue weighted by Crippen LogP contribution is 2.29. The van der Waals surface area contributed by atoms with Gasteiger partial charge in [0.05, 0.1) is 11.3 Å². The zero-order valence-electron chi connectivity index (χ0n) is 18.0. The fourth-order valence-electron chi connectivity index (χ4n) is 4.24. The van der Waals surface area contributed by atoms with Crippen LogP contribution in [0, 0.1) is 20.8 Å². The Labute approximate surface area is 180 Å². The van der Waals surface area contributed by atoms with E-state index in [4.69, 9.17) is 9.26 Å². The predicted octanol–water partition coefficient (Wildman–Crippen LogP) is 4.86. The second kappa shape index (κ2) is 7.61. The molecule has 31 heavy (non-hydrogen) atoms. The molecule has 6 heteroatoms. The van der Waals surface area contributed by atoms with E-state index in [9.17, 15) is 4.79 Å². The van der Waals surface area contributed by atoms with Gasteiger partial charge in [0, 0.05) is 47.2 Å². The van der Waals surface area contributed by atoms with Crippen LogP contribution in [0.1, 0.15) is 44.2 Å². The van der Waals surface area contributed by atoms with Crippen molar-refractivity contribution in [3.63, 3.8) is 0 Å². The monoisotopic (exact) mass is 415 g/mol. The molecule has 158 valence electrons. The van der Waals surface area contributed by atoms with Gasteiger partial charge in [0.15, 0.2) is 0 Å². The minimum absolute atomic E-state index is 0.0462. The maximum atomic E-state index is 13.1. The number of carbonyl (C=O) groups excluding carboxylic acids is 1. The number of aromatic amines is 1. The van der Waals surface area contributed by atoms with Gasteiger partial charge in [-0.15, -0.1) is 0 Å². The Kier molecular flexibility index (Phi) is 4.77. The summed E-state index contributed by atoms with van der Waals surface area (Å²) >= 11 is 0. The molecule has 0 bridgehead atoms. The number of rotatable bonds is 4. The van der Waals surface area contributed by atoms with Crippen molar-refractivity contribution in [1.29, 1.82) is 0 Å². The van der Waals surface area contributed by atoms with Crippen molar-refractivity contribution in [2.45, 2.75) is 40.3 Å². The molecule has 0 spiro atoms. The summed E-state index contributed by atoms with van der Waals surface area (Å²) in [4.78, 5) is 18.6. The Morgan fingerprint density at radius 2 is 1.97 bits per heavy atom. The van der Waals surface area contributed by atoms with Gasteiger partial charge in [-0.3, -0.25) is 4.79 Å².